The molecule has 0 bridgehead atoms. The standard InChI is InChI=1S/C33H45NO4Si/c1-22(2)39(23(3)4,24(5)6)21-27-18-29-32(7)34(28(20-38-32)26-16-12-9-13-17-26)30(35)33(27,29)31(36)37-19-25-14-10-8-11-15-25/h8-17,22-24,27-29H,18-21H2,1-7H3/t27-,28+,29-,32+,33+/m0/s1. The van der Waals surface area contributed by atoms with Crippen molar-refractivity contribution in [3.8, 4) is 0 Å². The number of nitrogens with zero attached hydrogens (tertiary/aromatic N) is 1. The SMILES string of the molecule is CC(C)[Si](C[C@@H]1C[C@@H]2[C@@]1(C(=O)OCc1ccccc1)C(=O)N1[C@@H](c3ccccc3)CO[C@]21C)(C(C)C)C(C)C. The molecule has 0 unspecified atom stereocenters. The zero-order valence-electron chi connectivity index (χ0n) is 24.6. The van der Waals surface area contributed by atoms with E-state index in [0.717, 1.165) is 23.6 Å². The molecule has 210 valence electrons. The largest absolute Gasteiger partial charge is 0.460 e. The molecular weight excluding hydrogens is 502 g/mol. The van der Waals surface area contributed by atoms with Crippen molar-refractivity contribution in [2.75, 3.05) is 6.61 Å². The van der Waals surface area contributed by atoms with Crippen LogP contribution in [-0.2, 0) is 25.7 Å². The van der Waals surface area contributed by atoms with Gasteiger partial charge in [-0.05, 0) is 30.4 Å². The second-order valence-corrected chi connectivity index (χ2v) is 19.3. The maximum absolute atomic E-state index is 14.8. The smallest absolute Gasteiger partial charge is 0.322 e. The fourth-order valence-electron chi connectivity index (χ4n) is 8.79. The van der Waals surface area contributed by atoms with Gasteiger partial charge >= 0.3 is 5.97 Å². The molecule has 5 nitrogen and oxygen atoms in total. The minimum absolute atomic E-state index is 0.0282. The summed E-state index contributed by atoms with van der Waals surface area (Å²) in [7, 11) is -1.89. The molecule has 2 heterocycles. The van der Waals surface area contributed by atoms with Crippen LogP contribution in [0.4, 0.5) is 0 Å². The molecule has 3 fully saturated rings. The molecule has 0 radical (unpaired) electrons. The number of carbonyl (C=O) groups excluding carboxylic acids is 2. The zero-order chi connectivity index (χ0) is 28.2. The maximum atomic E-state index is 14.8. The molecular formula is C33H45NO4Si. The van der Waals surface area contributed by atoms with Gasteiger partial charge in [-0.25, -0.2) is 0 Å². The minimum atomic E-state index is -1.89. The summed E-state index contributed by atoms with van der Waals surface area (Å²) in [5, 5.41) is 0. The lowest BCUT2D eigenvalue weighted by Gasteiger charge is -2.55. The van der Waals surface area contributed by atoms with E-state index in [1.165, 1.54) is 0 Å². The number of hydrogen-bond acceptors (Lipinski definition) is 4. The number of rotatable bonds is 9. The molecule has 0 aromatic heterocycles. The van der Waals surface area contributed by atoms with Crippen molar-refractivity contribution in [2.24, 2.45) is 17.3 Å². The normalized spacial score (nSPS) is 30.1. The van der Waals surface area contributed by atoms with Crippen molar-refractivity contribution < 1.29 is 19.1 Å². The molecule has 1 amide bonds. The topological polar surface area (TPSA) is 55.8 Å². The molecule has 39 heavy (non-hydrogen) atoms. The molecule has 2 aromatic rings. The highest BCUT2D eigenvalue weighted by Crippen LogP contribution is 2.70. The molecule has 1 saturated carbocycles. The summed E-state index contributed by atoms with van der Waals surface area (Å²) in [4.78, 5) is 31.0. The Kier molecular flexibility index (Phi) is 7.34. The second-order valence-electron chi connectivity index (χ2n) is 13.2. The third-order valence-electron chi connectivity index (χ3n) is 10.8. The predicted molar refractivity (Wildman–Crippen MR) is 157 cm³/mol. The van der Waals surface area contributed by atoms with Crippen molar-refractivity contribution in [3.63, 3.8) is 0 Å². The van der Waals surface area contributed by atoms with E-state index in [-0.39, 0.29) is 36.4 Å². The van der Waals surface area contributed by atoms with Gasteiger partial charge < -0.3 is 14.4 Å². The van der Waals surface area contributed by atoms with Gasteiger partial charge in [-0.2, -0.15) is 0 Å². The molecule has 2 saturated heterocycles. The lowest BCUT2D eigenvalue weighted by molar-refractivity contribution is -0.190. The Balaban J connectivity index is 1.55. The van der Waals surface area contributed by atoms with Gasteiger partial charge in [0.2, 0.25) is 5.91 Å². The van der Waals surface area contributed by atoms with Crippen LogP contribution < -0.4 is 0 Å². The van der Waals surface area contributed by atoms with Gasteiger partial charge in [0.05, 0.1) is 20.7 Å². The molecule has 6 heteroatoms. The van der Waals surface area contributed by atoms with Crippen molar-refractivity contribution in [3.05, 3.63) is 71.8 Å². The van der Waals surface area contributed by atoms with Crippen molar-refractivity contribution >= 4 is 20.0 Å². The van der Waals surface area contributed by atoms with E-state index < -0.39 is 19.2 Å². The molecule has 5 atom stereocenters. The Morgan fingerprint density at radius 1 is 0.974 bits per heavy atom. The summed E-state index contributed by atoms with van der Waals surface area (Å²) in [6.45, 7) is 16.8. The first-order valence-corrected chi connectivity index (χ1v) is 17.2. The van der Waals surface area contributed by atoms with Gasteiger partial charge in [0, 0.05) is 5.92 Å². The van der Waals surface area contributed by atoms with E-state index in [0.29, 0.717) is 23.2 Å². The predicted octanol–water partition coefficient (Wildman–Crippen LogP) is 7.36. The average Bonchev–Trinajstić information content (AvgIpc) is 3.31. The van der Waals surface area contributed by atoms with E-state index >= 15 is 0 Å². The van der Waals surface area contributed by atoms with Gasteiger partial charge in [-0.1, -0.05) is 125 Å². The lowest BCUT2D eigenvalue weighted by Crippen LogP contribution is -2.63. The molecule has 0 N–H and O–H groups in total. The number of ether oxygens (including phenoxy) is 2. The van der Waals surface area contributed by atoms with Crippen LogP contribution in [0.15, 0.2) is 60.7 Å². The van der Waals surface area contributed by atoms with Gasteiger partial charge in [0.1, 0.15) is 12.3 Å². The quantitative estimate of drug-likeness (QED) is 0.187. The Morgan fingerprint density at radius 3 is 2.10 bits per heavy atom. The number of hydrogen-bond donors (Lipinski definition) is 0. The first-order valence-electron chi connectivity index (χ1n) is 14.7. The Labute approximate surface area is 235 Å². The maximum Gasteiger partial charge on any atom is 0.322 e. The number of fused-ring (bicyclic) bond motifs is 3. The monoisotopic (exact) mass is 547 g/mol. The van der Waals surface area contributed by atoms with E-state index in [2.05, 4.69) is 53.7 Å². The number of carbonyl (C=O) groups is 2. The summed E-state index contributed by atoms with van der Waals surface area (Å²) in [6, 6.07) is 20.6. The van der Waals surface area contributed by atoms with Crippen LogP contribution in [0.3, 0.4) is 0 Å². The fourth-order valence-corrected chi connectivity index (χ4v) is 15.6. The molecule has 2 aromatic carbocycles. The van der Waals surface area contributed by atoms with Crippen LogP contribution in [0.25, 0.3) is 0 Å². The van der Waals surface area contributed by atoms with E-state index in [1.54, 1.807) is 0 Å². The third kappa shape index (κ3) is 4.04. The Morgan fingerprint density at radius 2 is 1.54 bits per heavy atom. The molecule has 3 aliphatic rings. The van der Waals surface area contributed by atoms with Crippen molar-refractivity contribution in [1.82, 2.24) is 4.90 Å². The number of esters is 1. The Hall–Kier alpha value is -2.44. The molecule has 5 rings (SSSR count). The minimum Gasteiger partial charge on any atom is -0.460 e. The number of benzene rings is 2. The average molecular weight is 548 g/mol. The van der Waals surface area contributed by atoms with Crippen LogP contribution in [-0.4, -0.2) is 37.2 Å². The van der Waals surface area contributed by atoms with Gasteiger partial charge in [-0.15, -0.1) is 0 Å². The van der Waals surface area contributed by atoms with Crippen molar-refractivity contribution in [1.29, 1.82) is 0 Å². The summed E-state index contributed by atoms with van der Waals surface area (Å²) in [5.74, 6) is -0.685. The van der Waals surface area contributed by atoms with Crippen LogP contribution in [0.1, 0.15) is 72.1 Å². The van der Waals surface area contributed by atoms with E-state index in [4.69, 9.17) is 9.47 Å². The van der Waals surface area contributed by atoms with Crippen LogP contribution >= 0.6 is 0 Å². The molecule has 2 aliphatic heterocycles. The van der Waals surface area contributed by atoms with Gasteiger partial charge in [-0.3, -0.25) is 9.59 Å². The molecule has 0 spiro atoms. The third-order valence-corrected chi connectivity index (χ3v) is 18.5. The highest BCUT2D eigenvalue weighted by molar-refractivity contribution is 6.83. The van der Waals surface area contributed by atoms with Crippen LogP contribution in [0.5, 0.6) is 0 Å². The fraction of sp³-hybridized carbons (Fsp3) is 0.576. The lowest BCUT2D eigenvalue weighted by atomic mass is 9.52. The van der Waals surface area contributed by atoms with Gasteiger partial charge in [0.15, 0.2) is 5.41 Å². The summed E-state index contributed by atoms with van der Waals surface area (Å²) >= 11 is 0. The highest BCUT2D eigenvalue weighted by Gasteiger charge is 2.81. The second kappa shape index (κ2) is 10.2. The van der Waals surface area contributed by atoms with E-state index in [1.807, 2.05) is 60.4 Å². The number of amides is 1. The first-order chi connectivity index (χ1) is 18.5. The van der Waals surface area contributed by atoms with Crippen LogP contribution in [0.2, 0.25) is 22.7 Å². The molecule has 1 aliphatic carbocycles. The highest BCUT2D eigenvalue weighted by atomic mass is 28.3. The van der Waals surface area contributed by atoms with Crippen LogP contribution in [0, 0.1) is 17.3 Å². The summed E-state index contributed by atoms with van der Waals surface area (Å²) in [5.41, 5.74) is 1.64. The summed E-state index contributed by atoms with van der Waals surface area (Å²) < 4.78 is 12.6. The summed E-state index contributed by atoms with van der Waals surface area (Å²) in [6.07, 6.45) is 0.821. The van der Waals surface area contributed by atoms with Crippen molar-refractivity contribution in [2.45, 2.75) is 95.9 Å². The Bertz CT molecular complexity index is 1180. The van der Waals surface area contributed by atoms with E-state index in [9.17, 15) is 9.59 Å². The zero-order valence-corrected chi connectivity index (χ0v) is 25.6. The first kappa shape index (κ1) is 28.1. The van der Waals surface area contributed by atoms with Gasteiger partial charge in [0.25, 0.3) is 0 Å².